The van der Waals surface area contributed by atoms with Crippen molar-refractivity contribution >= 4 is 15.9 Å². The van der Waals surface area contributed by atoms with E-state index in [0.29, 0.717) is 17.9 Å². The van der Waals surface area contributed by atoms with Gasteiger partial charge in [-0.25, -0.2) is 0 Å². The third-order valence-electron chi connectivity index (χ3n) is 3.46. The summed E-state index contributed by atoms with van der Waals surface area (Å²) in [5, 5.41) is 10.2. The number of alkyl halides is 1. The van der Waals surface area contributed by atoms with E-state index in [1.54, 1.807) is 0 Å². The molecule has 1 N–H and O–H groups in total. The lowest BCUT2D eigenvalue weighted by atomic mass is 9.96. The predicted octanol–water partition coefficient (Wildman–Crippen LogP) is 3.14. The van der Waals surface area contributed by atoms with Gasteiger partial charge in [0.1, 0.15) is 0 Å². The van der Waals surface area contributed by atoms with Crippen LogP contribution in [0.5, 0.6) is 0 Å². The van der Waals surface area contributed by atoms with E-state index in [1.807, 2.05) is 0 Å². The quantitative estimate of drug-likeness (QED) is 0.660. The fourth-order valence-corrected chi connectivity index (χ4v) is 3.05. The Morgan fingerprint density at radius 3 is 2.06 bits per heavy atom. The maximum atomic E-state index is 9.15. The van der Waals surface area contributed by atoms with Crippen molar-refractivity contribution in [1.82, 2.24) is 4.90 Å². The zero-order valence-electron chi connectivity index (χ0n) is 11.2. The molecule has 0 aliphatic heterocycles. The summed E-state index contributed by atoms with van der Waals surface area (Å²) in [6, 6.07) is 0.618. The highest BCUT2D eigenvalue weighted by molar-refractivity contribution is 9.09. The summed E-state index contributed by atoms with van der Waals surface area (Å²) in [7, 11) is 0. The minimum atomic E-state index is 0.267. The molecule has 98 valence electrons. The number of hydrogen-bond donors (Lipinski definition) is 1. The van der Waals surface area contributed by atoms with Gasteiger partial charge >= 0.3 is 0 Å². The van der Waals surface area contributed by atoms with Crippen molar-refractivity contribution in [3.05, 3.63) is 0 Å². The molecule has 3 heteroatoms. The van der Waals surface area contributed by atoms with E-state index < -0.39 is 0 Å². The zero-order valence-corrected chi connectivity index (χ0v) is 12.8. The zero-order chi connectivity index (χ0) is 12.6. The molecule has 1 atom stereocenters. The van der Waals surface area contributed by atoms with Crippen LogP contribution < -0.4 is 0 Å². The second-order valence-electron chi connectivity index (χ2n) is 4.85. The number of rotatable bonds is 9. The lowest BCUT2D eigenvalue weighted by Crippen LogP contribution is -2.41. The summed E-state index contributed by atoms with van der Waals surface area (Å²) in [5.74, 6) is 1.36. The second kappa shape index (κ2) is 9.43. The molecule has 0 heterocycles. The molecule has 0 aliphatic rings. The maximum Gasteiger partial charge on any atom is 0.0558 e. The highest BCUT2D eigenvalue weighted by Crippen LogP contribution is 2.18. The Morgan fingerprint density at radius 2 is 1.75 bits per heavy atom. The van der Waals surface area contributed by atoms with Gasteiger partial charge in [0.05, 0.1) is 6.61 Å². The van der Waals surface area contributed by atoms with Crippen LogP contribution in [0.1, 0.15) is 40.5 Å². The molecule has 0 saturated heterocycles. The number of halogens is 1. The fourth-order valence-electron chi connectivity index (χ4n) is 2.10. The minimum absolute atomic E-state index is 0.267. The van der Waals surface area contributed by atoms with E-state index in [-0.39, 0.29) is 6.61 Å². The average Bonchev–Trinajstić information content (AvgIpc) is 2.26. The van der Waals surface area contributed by atoms with E-state index in [9.17, 15) is 0 Å². The second-order valence-corrected chi connectivity index (χ2v) is 5.49. The number of aliphatic hydroxyl groups excluding tert-OH is 1. The first-order valence-electron chi connectivity index (χ1n) is 6.51. The summed E-state index contributed by atoms with van der Waals surface area (Å²) in [4.78, 5) is 2.45. The molecule has 0 amide bonds. The van der Waals surface area contributed by atoms with E-state index >= 15 is 0 Å². The third-order valence-corrected chi connectivity index (χ3v) is 4.29. The lowest BCUT2D eigenvalue weighted by Gasteiger charge is -2.34. The molecule has 0 aromatic rings. The van der Waals surface area contributed by atoms with E-state index in [1.165, 1.54) is 12.8 Å². The van der Waals surface area contributed by atoms with Crippen LogP contribution in [0.25, 0.3) is 0 Å². The molecule has 0 fully saturated rings. The highest BCUT2D eigenvalue weighted by Gasteiger charge is 2.20. The molecule has 0 aromatic heterocycles. The van der Waals surface area contributed by atoms with Crippen molar-refractivity contribution in [3.8, 4) is 0 Å². The van der Waals surface area contributed by atoms with Gasteiger partial charge in [-0.15, -0.1) is 0 Å². The molecule has 0 bridgehead atoms. The summed E-state index contributed by atoms with van der Waals surface area (Å²) in [6.45, 7) is 11.2. The van der Waals surface area contributed by atoms with Gasteiger partial charge < -0.3 is 5.11 Å². The van der Waals surface area contributed by atoms with Crippen LogP contribution in [0.15, 0.2) is 0 Å². The number of hydrogen-bond acceptors (Lipinski definition) is 2. The fraction of sp³-hybridized carbons (Fsp3) is 1.00. The molecule has 0 spiro atoms. The molecule has 16 heavy (non-hydrogen) atoms. The minimum Gasteiger partial charge on any atom is -0.395 e. The molecule has 0 aliphatic carbocycles. The Kier molecular flexibility index (Phi) is 9.67. The molecule has 0 saturated carbocycles. The molecular weight excluding hydrogens is 266 g/mol. The van der Waals surface area contributed by atoms with Crippen molar-refractivity contribution < 1.29 is 5.11 Å². The van der Waals surface area contributed by atoms with Crippen LogP contribution in [0.3, 0.4) is 0 Å². The van der Waals surface area contributed by atoms with Crippen molar-refractivity contribution in [1.29, 1.82) is 0 Å². The van der Waals surface area contributed by atoms with E-state index in [2.05, 4.69) is 48.5 Å². The van der Waals surface area contributed by atoms with Gasteiger partial charge in [0.2, 0.25) is 0 Å². The predicted molar refractivity (Wildman–Crippen MR) is 75.2 cm³/mol. The van der Waals surface area contributed by atoms with Crippen LogP contribution in [0.2, 0.25) is 0 Å². The van der Waals surface area contributed by atoms with Crippen molar-refractivity contribution in [2.75, 3.05) is 25.0 Å². The van der Waals surface area contributed by atoms with Gasteiger partial charge in [0.25, 0.3) is 0 Å². The molecular formula is C13H28BrNO. The van der Waals surface area contributed by atoms with Crippen LogP contribution in [-0.2, 0) is 0 Å². The largest absolute Gasteiger partial charge is 0.395 e. The summed E-state index contributed by atoms with van der Waals surface area (Å²) >= 11 is 3.60. The molecule has 0 rings (SSSR count). The summed E-state index contributed by atoms with van der Waals surface area (Å²) in [6.07, 6.45) is 2.34. The topological polar surface area (TPSA) is 23.5 Å². The van der Waals surface area contributed by atoms with Gasteiger partial charge in [-0.3, -0.25) is 4.90 Å². The lowest BCUT2D eigenvalue weighted by molar-refractivity contribution is 0.118. The Bertz CT molecular complexity index is 157. The number of aliphatic hydroxyl groups is 1. The molecule has 0 radical (unpaired) electrons. The third kappa shape index (κ3) is 5.65. The van der Waals surface area contributed by atoms with Gasteiger partial charge in [-0.2, -0.15) is 0 Å². The first-order valence-corrected chi connectivity index (χ1v) is 7.63. The van der Waals surface area contributed by atoms with Crippen molar-refractivity contribution in [3.63, 3.8) is 0 Å². The maximum absolute atomic E-state index is 9.15. The Hall–Kier alpha value is 0.400. The van der Waals surface area contributed by atoms with E-state index in [4.69, 9.17) is 5.11 Å². The summed E-state index contributed by atoms with van der Waals surface area (Å²) < 4.78 is 0. The van der Waals surface area contributed by atoms with Gasteiger partial charge in [0, 0.05) is 24.5 Å². The van der Waals surface area contributed by atoms with Crippen LogP contribution in [0.4, 0.5) is 0 Å². The first kappa shape index (κ1) is 16.4. The van der Waals surface area contributed by atoms with Gasteiger partial charge in [-0.1, -0.05) is 43.6 Å². The van der Waals surface area contributed by atoms with Crippen molar-refractivity contribution in [2.24, 2.45) is 11.8 Å². The molecule has 2 nitrogen and oxygen atoms in total. The SMILES string of the molecule is CCC(CC)N(CCO)CC(CBr)C(C)C. The Morgan fingerprint density at radius 1 is 1.19 bits per heavy atom. The standard InChI is InChI=1S/C13H28BrNO/c1-5-13(6-2)15(7-8-16)10-12(9-14)11(3)4/h11-13,16H,5-10H2,1-4H3. The van der Waals surface area contributed by atoms with Gasteiger partial charge in [-0.05, 0) is 24.7 Å². The molecule has 0 aromatic carbocycles. The van der Waals surface area contributed by atoms with E-state index in [0.717, 1.165) is 18.4 Å². The number of nitrogens with zero attached hydrogens (tertiary/aromatic N) is 1. The van der Waals surface area contributed by atoms with Gasteiger partial charge in [0.15, 0.2) is 0 Å². The van der Waals surface area contributed by atoms with Crippen LogP contribution in [0, 0.1) is 11.8 Å². The summed E-state index contributed by atoms with van der Waals surface area (Å²) in [5.41, 5.74) is 0. The normalized spacial score (nSPS) is 14.1. The monoisotopic (exact) mass is 293 g/mol. The highest BCUT2D eigenvalue weighted by atomic mass is 79.9. The van der Waals surface area contributed by atoms with Crippen LogP contribution >= 0.6 is 15.9 Å². The Labute approximate surface area is 110 Å². The van der Waals surface area contributed by atoms with Crippen LogP contribution in [-0.4, -0.2) is 41.1 Å². The molecule has 1 unspecified atom stereocenters. The first-order chi connectivity index (χ1) is 7.60. The Balaban J connectivity index is 4.39. The smallest absolute Gasteiger partial charge is 0.0558 e. The van der Waals surface area contributed by atoms with Crippen molar-refractivity contribution in [2.45, 2.75) is 46.6 Å². The average molecular weight is 294 g/mol.